The molecule has 5 atom stereocenters. The summed E-state index contributed by atoms with van der Waals surface area (Å²) in [6, 6.07) is 0. The molecule has 3 rings (SSSR count). The number of aliphatic hydroxyl groups is 1. The molecule has 1 saturated carbocycles. The number of aliphatic hydroxyl groups excluding tert-OH is 1. The van der Waals surface area contributed by atoms with Gasteiger partial charge in [0.05, 0.1) is 6.10 Å². The van der Waals surface area contributed by atoms with Crippen molar-refractivity contribution in [2.24, 2.45) is 17.8 Å². The molecule has 96 valence electrons. The number of carbonyl (C=O) groups is 1. The van der Waals surface area contributed by atoms with E-state index in [9.17, 15) is 9.90 Å². The molecule has 2 fully saturated rings. The first-order chi connectivity index (χ1) is 8.49. The van der Waals surface area contributed by atoms with E-state index in [4.69, 9.17) is 4.74 Å². The van der Waals surface area contributed by atoms with Crippen LogP contribution in [0.5, 0.6) is 0 Å². The number of hydrogen-bond acceptors (Lipinski definition) is 3. The Bertz CT molecular complexity index is 474. The quantitative estimate of drug-likeness (QED) is 0.404. The SMILES string of the molecule is C=C1C(=O)OC2C=C(C)C3CC(O)C(=C)C3CC12. The van der Waals surface area contributed by atoms with Crippen LogP contribution in [0.2, 0.25) is 0 Å². The van der Waals surface area contributed by atoms with Gasteiger partial charge in [-0.05, 0) is 43.3 Å². The Hall–Kier alpha value is -1.35. The Morgan fingerprint density at radius 1 is 1.28 bits per heavy atom. The van der Waals surface area contributed by atoms with Gasteiger partial charge < -0.3 is 9.84 Å². The molecule has 3 nitrogen and oxygen atoms in total. The van der Waals surface area contributed by atoms with E-state index in [-0.39, 0.29) is 23.9 Å². The number of rotatable bonds is 0. The molecule has 1 N–H and O–H groups in total. The Kier molecular flexibility index (Phi) is 2.49. The lowest BCUT2D eigenvalue weighted by atomic mass is 9.82. The number of ether oxygens (including phenoxy) is 1. The molecule has 1 heterocycles. The predicted octanol–water partition coefficient (Wildman–Crippen LogP) is 1.99. The summed E-state index contributed by atoms with van der Waals surface area (Å²) < 4.78 is 5.35. The molecule has 1 aliphatic heterocycles. The van der Waals surface area contributed by atoms with Crippen molar-refractivity contribution < 1.29 is 14.6 Å². The first kappa shape index (κ1) is 11.7. The summed E-state index contributed by atoms with van der Waals surface area (Å²) >= 11 is 0. The molecule has 0 aromatic heterocycles. The molecule has 1 saturated heterocycles. The maximum absolute atomic E-state index is 11.6. The monoisotopic (exact) mass is 246 g/mol. The summed E-state index contributed by atoms with van der Waals surface area (Å²) in [5.74, 6) is 0.350. The average Bonchev–Trinajstić information content (AvgIpc) is 2.68. The summed E-state index contributed by atoms with van der Waals surface area (Å²) in [6.45, 7) is 9.93. The van der Waals surface area contributed by atoms with Crippen LogP contribution in [0.1, 0.15) is 19.8 Å². The average molecular weight is 246 g/mol. The van der Waals surface area contributed by atoms with Gasteiger partial charge in [0.15, 0.2) is 0 Å². The summed E-state index contributed by atoms with van der Waals surface area (Å²) in [5, 5.41) is 9.95. The Balaban J connectivity index is 1.98. The maximum atomic E-state index is 11.6. The first-order valence-electron chi connectivity index (χ1n) is 6.44. The van der Waals surface area contributed by atoms with Gasteiger partial charge in [0.25, 0.3) is 0 Å². The van der Waals surface area contributed by atoms with Crippen LogP contribution in [0.25, 0.3) is 0 Å². The van der Waals surface area contributed by atoms with Gasteiger partial charge in [-0.15, -0.1) is 0 Å². The second kappa shape index (κ2) is 3.82. The first-order valence-corrected chi connectivity index (χ1v) is 6.44. The van der Waals surface area contributed by atoms with E-state index >= 15 is 0 Å². The molecular weight excluding hydrogens is 228 g/mol. The third-order valence-corrected chi connectivity index (χ3v) is 4.74. The minimum atomic E-state index is -0.411. The standard InChI is InChI=1S/C15H18O3/c1-7-4-14-12(9(3)15(17)18-14)5-11-8(2)13(16)6-10(7)11/h4,10-14,16H,2-3,5-6H2,1H3. The second-order valence-corrected chi connectivity index (χ2v) is 5.69. The minimum Gasteiger partial charge on any atom is -0.454 e. The molecule has 0 radical (unpaired) electrons. The van der Waals surface area contributed by atoms with Crippen molar-refractivity contribution in [1.29, 1.82) is 0 Å². The van der Waals surface area contributed by atoms with Gasteiger partial charge in [-0.3, -0.25) is 0 Å². The van der Waals surface area contributed by atoms with Crippen molar-refractivity contribution in [3.05, 3.63) is 36.0 Å². The lowest BCUT2D eigenvalue weighted by Gasteiger charge is -2.20. The molecular formula is C15H18O3. The van der Waals surface area contributed by atoms with Crippen molar-refractivity contribution in [3.8, 4) is 0 Å². The van der Waals surface area contributed by atoms with Gasteiger partial charge in [0, 0.05) is 11.5 Å². The van der Waals surface area contributed by atoms with E-state index in [0.29, 0.717) is 11.5 Å². The number of hydrogen-bond donors (Lipinski definition) is 1. The van der Waals surface area contributed by atoms with Crippen LogP contribution in [-0.2, 0) is 9.53 Å². The van der Waals surface area contributed by atoms with Crippen LogP contribution in [-0.4, -0.2) is 23.3 Å². The smallest absolute Gasteiger partial charge is 0.334 e. The topological polar surface area (TPSA) is 46.5 Å². The number of fused-ring (bicyclic) bond motifs is 2. The maximum Gasteiger partial charge on any atom is 0.334 e. The minimum absolute atomic E-state index is 0.0458. The zero-order valence-electron chi connectivity index (χ0n) is 10.6. The van der Waals surface area contributed by atoms with E-state index in [0.717, 1.165) is 18.4 Å². The molecule has 3 heteroatoms. The van der Waals surface area contributed by atoms with Gasteiger partial charge in [-0.25, -0.2) is 4.79 Å². The Morgan fingerprint density at radius 2 is 2.00 bits per heavy atom. The fourth-order valence-electron chi connectivity index (χ4n) is 3.59. The lowest BCUT2D eigenvalue weighted by molar-refractivity contribution is -0.137. The van der Waals surface area contributed by atoms with Gasteiger partial charge >= 0.3 is 5.97 Å². The number of esters is 1. The number of allylic oxidation sites excluding steroid dienone is 1. The van der Waals surface area contributed by atoms with Crippen molar-refractivity contribution in [2.75, 3.05) is 0 Å². The van der Waals surface area contributed by atoms with Crippen molar-refractivity contribution in [3.63, 3.8) is 0 Å². The van der Waals surface area contributed by atoms with Crippen LogP contribution in [0.4, 0.5) is 0 Å². The van der Waals surface area contributed by atoms with Crippen molar-refractivity contribution >= 4 is 5.97 Å². The molecule has 0 aromatic rings. The summed E-state index contributed by atoms with van der Waals surface area (Å²) in [4.78, 5) is 11.6. The molecule has 0 bridgehead atoms. The summed E-state index contributed by atoms with van der Waals surface area (Å²) in [7, 11) is 0. The van der Waals surface area contributed by atoms with Gasteiger partial charge in [0.2, 0.25) is 0 Å². The Morgan fingerprint density at radius 3 is 2.72 bits per heavy atom. The fourth-order valence-corrected chi connectivity index (χ4v) is 3.59. The van der Waals surface area contributed by atoms with Gasteiger partial charge in [-0.2, -0.15) is 0 Å². The van der Waals surface area contributed by atoms with Crippen LogP contribution in [0, 0.1) is 17.8 Å². The van der Waals surface area contributed by atoms with E-state index in [1.165, 1.54) is 5.57 Å². The normalized spacial score (nSPS) is 43.1. The lowest BCUT2D eigenvalue weighted by Crippen LogP contribution is -2.17. The van der Waals surface area contributed by atoms with Crippen LogP contribution >= 0.6 is 0 Å². The van der Waals surface area contributed by atoms with E-state index in [2.05, 4.69) is 20.1 Å². The van der Waals surface area contributed by atoms with E-state index < -0.39 is 6.10 Å². The second-order valence-electron chi connectivity index (χ2n) is 5.69. The highest BCUT2D eigenvalue weighted by Gasteiger charge is 2.46. The molecule has 18 heavy (non-hydrogen) atoms. The highest BCUT2D eigenvalue weighted by molar-refractivity contribution is 5.91. The number of carbonyl (C=O) groups excluding carboxylic acids is 1. The highest BCUT2D eigenvalue weighted by Crippen LogP contribution is 2.49. The van der Waals surface area contributed by atoms with Crippen molar-refractivity contribution in [1.82, 2.24) is 0 Å². The third-order valence-electron chi connectivity index (χ3n) is 4.74. The van der Waals surface area contributed by atoms with Crippen LogP contribution in [0.3, 0.4) is 0 Å². The molecule has 3 aliphatic rings. The molecule has 0 amide bonds. The Labute approximate surface area is 107 Å². The fraction of sp³-hybridized carbons (Fsp3) is 0.533. The summed E-state index contributed by atoms with van der Waals surface area (Å²) in [5.41, 5.74) is 2.67. The van der Waals surface area contributed by atoms with E-state index in [1.54, 1.807) is 0 Å². The van der Waals surface area contributed by atoms with E-state index in [1.807, 2.05) is 6.08 Å². The molecule has 5 unspecified atom stereocenters. The molecule has 0 spiro atoms. The van der Waals surface area contributed by atoms with Crippen LogP contribution in [0.15, 0.2) is 36.0 Å². The largest absolute Gasteiger partial charge is 0.454 e. The molecule has 2 aliphatic carbocycles. The van der Waals surface area contributed by atoms with Gasteiger partial charge in [0.1, 0.15) is 6.10 Å². The summed E-state index contributed by atoms with van der Waals surface area (Å²) in [6.07, 6.45) is 3.01. The zero-order valence-corrected chi connectivity index (χ0v) is 10.6. The molecule has 0 aromatic carbocycles. The third kappa shape index (κ3) is 1.50. The zero-order chi connectivity index (χ0) is 13.0. The predicted molar refractivity (Wildman–Crippen MR) is 67.6 cm³/mol. The van der Waals surface area contributed by atoms with Crippen molar-refractivity contribution in [2.45, 2.75) is 32.0 Å². The highest BCUT2D eigenvalue weighted by atomic mass is 16.5. The van der Waals surface area contributed by atoms with Gasteiger partial charge in [-0.1, -0.05) is 18.7 Å². The van der Waals surface area contributed by atoms with Crippen LogP contribution < -0.4 is 0 Å².